The second-order valence-electron chi connectivity index (χ2n) is 6.20. The van der Waals surface area contributed by atoms with Gasteiger partial charge in [-0.3, -0.25) is 0 Å². The van der Waals surface area contributed by atoms with Gasteiger partial charge < -0.3 is 4.74 Å². The van der Waals surface area contributed by atoms with E-state index >= 15 is 0 Å². The van der Waals surface area contributed by atoms with E-state index in [0.29, 0.717) is 6.61 Å². The van der Waals surface area contributed by atoms with Gasteiger partial charge in [-0.25, -0.2) is 4.98 Å². The van der Waals surface area contributed by atoms with Crippen LogP contribution in [0.3, 0.4) is 0 Å². The summed E-state index contributed by atoms with van der Waals surface area (Å²) in [5.41, 5.74) is 2.23. The molecule has 0 aliphatic carbocycles. The third-order valence-corrected chi connectivity index (χ3v) is 6.67. The molecule has 1 aliphatic rings. The first kappa shape index (κ1) is 15.6. The van der Waals surface area contributed by atoms with Gasteiger partial charge in [0.25, 0.3) is 0 Å². The number of hydrogen-bond donors (Lipinski definition) is 0. The van der Waals surface area contributed by atoms with Crippen molar-refractivity contribution in [3.63, 3.8) is 0 Å². The van der Waals surface area contributed by atoms with Crippen molar-refractivity contribution in [2.24, 2.45) is 0 Å². The minimum atomic E-state index is -0.137. The summed E-state index contributed by atoms with van der Waals surface area (Å²) in [5.74, 6) is 0. The number of thiophene rings is 1. The molecule has 4 nitrogen and oxygen atoms in total. The van der Waals surface area contributed by atoms with E-state index in [0.717, 1.165) is 27.0 Å². The summed E-state index contributed by atoms with van der Waals surface area (Å²) in [7, 11) is 0. The van der Waals surface area contributed by atoms with Crippen LogP contribution in [0.15, 0.2) is 16.1 Å². The summed E-state index contributed by atoms with van der Waals surface area (Å²) in [6.07, 6.45) is 4.94. The van der Waals surface area contributed by atoms with Crippen molar-refractivity contribution in [3.05, 3.63) is 17.3 Å². The second kappa shape index (κ2) is 5.58. The number of hydrogen-bond acceptors (Lipinski definition) is 7. The molecule has 0 fully saturated rings. The largest absolute Gasteiger partial charge is 0.370 e. The van der Waals surface area contributed by atoms with E-state index in [9.17, 15) is 0 Å². The fraction of sp³-hybridized carbons (Fsp3) is 0.438. The standard InChI is InChI=1S/C16H17N3OS3/c1-16(2)6-10-8(7-20-16)5-9-11-12(23-13(9)17-10)15(22-4)19-18-14(11)21-3/h5H,6-7H2,1-4H3. The average molecular weight is 364 g/mol. The predicted molar refractivity (Wildman–Crippen MR) is 98.9 cm³/mol. The van der Waals surface area contributed by atoms with Crippen LogP contribution >= 0.6 is 34.9 Å². The topological polar surface area (TPSA) is 47.9 Å². The lowest BCUT2D eigenvalue weighted by molar-refractivity contribution is -0.0411. The SMILES string of the molecule is CSc1nnc(SC)c2c1sc1nc3c(cc12)COC(C)(C)C3. The van der Waals surface area contributed by atoms with Gasteiger partial charge in [0.1, 0.15) is 14.9 Å². The van der Waals surface area contributed by atoms with Crippen LogP contribution in [0.1, 0.15) is 25.1 Å². The number of pyridine rings is 1. The molecule has 0 spiro atoms. The summed E-state index contributed by atoms with van der Waals surface area (Å²) in [4.78, 5) is 6.04. The van der Waals surface area contributed by atoms with Crippen LogP contribution in [0.25, 0.3) is 20.3 Å². The highest BCUT2D eigenvalue weighted by Gasteiger charge is 2.28. The molecule has 3 aromatic rings. The third kappa shape index (κ3) is 2.54. The van der Waals surface area contributed by atoms with Gasteiger partial charge in [-0.15, -0.1) is 45.1 Å². The lowest BCUT2D eigenvalue weighted by atomic mass is 9.95. The van der Waals surface area contributed by atoms with Crippen LogP contribution in [-0.2, 0) is 17.8 Å². The summed E-state index contributed by atoms with van der Waals surface area (Å²) < 4.78 is 7.15. The summed E-state index contributed by atoms with van der Waals surface area (Å²) in [5, 5.41) is 13.1. The zero-order valence-corrected chi connectivity index (χ0v) is 15.9. The normalized spacial score (nSPS) is 16.9. The van der Waals surface area contributed by atoms with Gasteiger partial charge in [-0.2, -0.15) is 0 Å². The summed E-state index contributed by atoms with van der Waals surface area (Å²) >= 11 is 5.01. The van der Waals surface area contributed by atoms with Gasteiger partial charge in [0.05, 0.1) is 22.6 Å². The van der Waals surface area contributed by atoms with Crippen molar-refractivity contribution in [1.29, 1.82) is 0 Å². The van der Waals surface area contributed by atoms with E-state index in [2.05, 4.69) is 30.1 Å². The number of nitrogens with zero attached hydrogens (tertiary/aromatic N) is 3. The van der Waals surface area contributed by atoms with Gasteiger partial charge in [0.2, 0.25) is 0 Å². The molecule has 0 N–H and O–H groups in total. The Morgan fingerprint density at radius 1 is 1.17 bits per heavy atom. The van der Waals surface area contributed by atoms with Crippen LogP contribution in [0.2, 0.25) is 0 Å². The molecule has 23 heavy (non-hydrogen) atoms. The number of thioether (sulfide) groups is 2. The highest BCUT2D eigenvalue weighted by Crippen LogP contribution is 2.42. The van der Waals surface area contributed by atoms with Crippen LogP contribution in [0.5, 0.6) is 0 Å². The molecular weight excluding hydrogens is 346 g/mol. The number of aromatic nitrogens is 3. The smallest absolute Gasteiger partial charge is 0.137 e. The molecule has 0 unspecified atom stereocenters. The summed E-state index contributed by atoms with van der Waals surface area (Å²) in [6, 6.07) is 2.25. The minimum absolute atomic E-state index is 0.137. The van der Waals surface area contributed by atoms with Gasteiger partial charge in [0.15, 0.2) is 0 Å². The second-order valence-corrected chi connectivity index (χ2v) is 8.79. The molecule has 0 bridgehead atoms. The van der Waals surface area contributed by atoms with E-state index in [1.807, 2.05) is 12.5 Å². The Kier molecular flexibility index (Phi) is 3.79. The van der Waals surface area contributed by atoms with Crippen molar-refractivity contribution >= 4 is 55.2 Å². The molecule has 0 aromatic carbocycles. The molecule has 0 saturated heterocycles. The first-order valence-electron chi connectivity index (χ1n) is 7.36. The zero-order chi connectivity index (χ0) is 16.2. The molecule has 7 heteroatoms. The fourth-order valence-electron chi connectivity index (χ4n) is 2.93. The van der Waals surface area contributed by atoms with Crippen LogP contribution < -0.4 is 0 Å². The van der Waals surface area contributed by atoms with Crippen molar-refractivity contribution in [1.82, 2.24) is 15.2 Å². The highest BCUT2D eigenvalue weighted by molar-refractivity contribution is 7.99. The Bertz CT molecular complexity index is 920. The molecule has 4 heterocycles. The average Bonchev–Trinajstić information content (AvgIpc) is 2.89. The van der Waals surface area contributed by atoms with Gasteiger partial charge in [-0.05, 0) is 32.4 Å². The first-order chi connectivity index (χ1) is 11.0. The number of fused-ring (bicyclic) bond motifs is 4. The maximum Gasteiger partial charge on any atom is 0.137 e. The van der Waals surface area contributed by atoms with E-state index in [-0.39, 0.29) is 5.60 Å². The van der Waals surface area contributed by atoms with Gasteiger partial charge in [-0.1, -0.05) is 0 Å². The van der Waals surface area contributed by atoms with Gasteiger partial charge in [0, 0.05) is 22.8 Å². The van der Waals surface area contributed by atoms with E-state index in [4.69, 9.17) is 9.72 Å². The maximum atomic E-state index is 5.96. The molecular formula is C16H17N3OS3. The molecule has 0 radical (unpaired) electrons. The first-order valence-corrected chi connectivity index (χ1v) is 10.6. The van der Waals surface area contributed by atoms with E-state index < -0.39 is 0 Å². The fourth-order valence-corrected chi connectivity index (χ4v) is 5.38. The highest BCUT2D eigenvalue weighted by atomic mass is 32.2. The number of ether oxygens (including phenoxy) is 1. The predicted octanol–water partition coefficient (Wildman–Crippen LogP) is 4.53. The zero-order valence-electron chi connectivity index (χ0n) is 13.5. The van der Waals surface area contributed by atoms with E-state index in [1.165, 1.54) is 21.0 Å². The molecule has 0 amide bonds. The van der Waals surface area contributed by atoms with Crippen molar-refractivity contribution in [3.8, 4) is 0 Å². The number of rotatable bonds is 2. The Hall–Kier alpha value is -0.890. The molecule has 0 saturated carbocycles. The van der Waals surface area contributed by atoms with Crippen molar-refractivity contribution in [2.75, 3.05) is 12.5 Å². The van der Waals surface area contributed by atoms with Crippen LogP contribution in [-0.4, -0.2) is 33.3 Å². The Morgan fingerprint density at radius 2 is 1.91 bits per heavy atom. The molecule has 1 aliphatic heterocycles. The Morgan fingerprint density at radius 3 is 2.65 bits per heavy atom. The quantitative estimate of drug-likeness (QED) is 0.623. The third-order valence-electron chi connectivity index (χ3n) is 4.09. The maximum absolute atomic E-state index is 5.96. The summed E-state index contributed by atoms with van der Waals surface area (Å²) in [6.45, 7) is 4.88. The van der Waals surface area contributed by atoms with Crippen molar-refractivity contribution in [2.45, 2.75) is 42.5 Å². The van der Waals surface area contributed by atoms with Crippen LogP contribution in [0.4, 0.5) is 0 Å². The van der Waals surface area contributed by atoms with Crippen LogP contribution in [0, 0.1) is 0 Å². The Balaban J connectivity index is 2.03. The molecule has 3 aromatic heterocycles. The lowest BCUT2D eigenvalue weighted by Gasteiger charge is -2.30. The molecule has 120 valence electrons. The molecule has 0 atom stereocenters. The molecule has 4 rings (SSSR count). The lowest BCUT2D eigenvalue weighted by Crippen LogP contribution is -2.32. The van der Waals surface area contributed by atoms with Crippen molar-refractivity contribution < 1.29 is 4.74 Å². The van der Waals surface area contributed by atoms with Gasteiger partial charge >= 0.3 is 0 Å². The monoisotopic (exact) mass is 363 g/mol. The minimum Gasteiger partial charge on any atom is -0.370 e. The Labute approximate surface area is 147 Å². The van der Waals surface area contributed by atoms with E-state index in [1.54, 1.807) is 34.9 Å².